The minimum absolute atomic E-state index is 0.0246. The Morgan fingerprint density at radius 3 is 2.70 bits per heavy atom. The summed E-state index contributed by atoms with van der Waals surface area (Å²) in [6.07, 6.45) is 0. The molecular formula is C12H17N4O6S+. The highest BCUT2D eigenvalue weighted by Crippen LogP contribution is 2.34. The minimum atomic E-state index is -0.971. The van der Waals surface area contributed by atoms with Crippen molar-refractivity contribution in [3.8, 4) is 11.5 Å². The third-order valence-electron chi connectivity index (χ3n) is 2.59. The highest BCUT2D eigenvalue weighted by Gasteiger charge is 2.23. The molecule has 1 rings (SSSR count). The van der Waals surface area contributed by atoms with Crippen LogP contribution >= 0.6 is 11.8 Å². The Hall–Kier alpha value is -2.53. The van der Waals surface area contributed by atoms with Crippen LogP contribution < -0.4 is 16.0 Å². The molecule has 11 heteroatoms. The SMILES string of the molecule is COc1cc([N+](=O)OC)cc(C(=NCSCC(=O)O)NN)c1O. The van der Waals surface area contributed by atoms with Crippen LogP contribution in [-0.4, -0.2) is 52.8 Å². The molecule has 0 saturated heterocycles. The first-order valence-corrected chi connectivity index (χ1v) is 7.33. The van der Waals surface area contributed by atoms with E-state index in [1.165, 1.54) is 26.4 Å². The summed E-state index contributed by atoms with van der Waals surface area (Å²) in [6.45, 7) is 0. The number of carboxylic acids is 1. The van der Waals surface area contributed by atoms with E-state index in [-0.39, 0.29) is 45.1 Å². The Morgan fingerprint density at radius 1 is 1.48 bits per heavy atom. The molecule has 23 heavy (non-hydrogen) atoms. The molecule has 0 fully saturated rings. The first kappa shape index (κ1) is 18.5. The summed E-state index contributed by atoms with van der Waals surface area (Å²) in [4.78, 5) is 30.9. The highest BCUT2D eigenvalue weighted by atomic mass is 32.2. The number of ether oxygens (including phenoxy) is 1. The lowest BCUT2D eigenvalue weighted by Crippen LogP contribution is -2.31. The molecule has 0 saturated carbocycles. The van der Waals surface area contributed by atoms with Gasteiger partial charge in [0.1, 0.15) is 5.84 Å². The van der Waals surface area contributed by atoms with Crippen LogP contribution in [0.4, 0.5) is 5.69 Å². The molecule has 1 aromatic rings. The fourth-order valence-corrected chi connectivity index (χ4v) is 2.08. The van der Waals surface area contributed by atoms with Crippen LogP contribution in [0.15, 0.2) is 17.1 Å². The maximum absolute atomic E-state index is 11.6. The predicted molar refractivity (Wildman–Crippen MR) is 83.8 cm³/mol. The lowest BCUT2D eigenvalue weighted by atomic mass is 10.1. The number of hydrogen-bond donors (Lipinski definition) is 4. The number of aromatic hydroxyl groups is 1. The molecule has 0 heterocycles. The van der Waals surface area contributed by atoms with E-state index < -0.39 is 5.97 Å². The average Bonchev–Trinajstić information content (AvgIpc) is 2.54. The molecule has 1 aromatic carbocycles. The maximum Gasteiger partial charge on any atom is 0.321 e. The topological polar surface area (TPSA) is 146 Å². The van der Waals surface area contributed by atoms with Crippen LogP contribution in [0.1, 0.15) is 5.56 Å². The summed E-state index contributed by atoms with van der Waals surface area (Å²) in [5.41, 5.74) is 2.46. The van der Waals surface area contributed by atoms with Crippen molar-refractivity contribution in [1.29, 1.82) is 0 Å². The Labute approximate surface area is 135 Å². The number of hydrazine groups is 1. The zero-order valence-corrected chi connectivity index (χ0v) is 13.3. The van der Waals surface area contributed by atoms with Gasteiger partial charge in [-0.1, -0.05) is 0 Å². The third-order valence-corrected chi connectivity index (χ3v) is 3.35. The van der Waals surface area contributed by atoms with Crippen LogP contribution in [0, 0.1) is 4.91 Å². The van der Waals surface area contributed by atoms with Crippen molar-refractivity contribution in [1.82, 2.24) is 5.43 Å². The summed E-state index contributed by atoms with van der Waals surface area (Å²) in [6, 6.07) is 2.58. The van der Waals surface area contributed by atoms with Crippen molar-refractivity contribution >= 4 is 29.3 Å². The number of phenols is 1. The van der Waals surface area contributed by atoms with E-state index in [0.717, 1.165) is 11.8 Å². The number of aliphatic imine (C=N–C) groups is 1. The van der Waals surface area contributed by atoms with Crippen LogP contribution in [0.3, 0.4) is 0 Å². The quantitative estimate of drug-likeness (QED) is 0.172. The van der Waals surface area contributed by atoms with E-state index in [1.807, 2.05) is 0 Å². The fraction of sp³-hybridized carbons (Fsp3) is 0.333. The average molecular weight is 345 g/mol. The van der Waals surface area contributed by atoms with Gasteiger partial charge in [0.15, 0.2) is 18.6 Å². The molecule has 10 nitrogen and oxygen atoms in total. The Morgan fingerprint density at radius 2 is 2.17 bits per heavy atom. The second kappa shape index (κ2) is 8.80. The fourth-order valence-electron chi connectivity index (χ4n) is 1.59. The molecule has 0 unspecified atom stereocenters. The molecule has 0 aliphatic heterocycles. The van der Waals surface area contributed by atoms with E-state index in [9.17, 15) is 14.8 Å². The standard InChI is InChI=1S/C12H16N4O6S/c1-21-9-4-7(16(20)22-2)3-8(11(9)19)12(15-13)14-6-23-5-10(17)18/h3-4H,5-6,13H2,1-2H3,(H2-,14,15,17,18,19,20)/p+1. The van der Waals surface area contributed by atoms with E-state index in [2.05, 4.69) is 15.3 Å². The maximum atomic E-state index is 11.6. The van der Waals surface area contributed by atoms with Crippen LogP contribution in [0.5, 0.6) is 11.5 Å². The molecule has 0 amide bonds. The molecule has 0 spiro atoms. The third kappa shape index (κ3) is 5.00. The smallest absolute Gasteiger partial charge is 0.321 e. The van der Waals surface area contributed by atoms with Crippen LogP contribution in [0.2, 0.25) is 0 Å². The first-order valence-electron chi connectivity index (χ1n) is 6.17. The van der Waals surface area contributed by atoms with Gasteiger partial charge in [-0.15, -0.1) is 11.8 Å². The van der Waals surface area contributed by atoms with Gasteiger partial charge in [-0.2, -0.15) is 0 Å². The Kier molecular flexibility index (Phi) is 7.09. The number of nitrogens with two attached hydrogens (primary N) is 1. The molecule has 0 aliphatic carbocycles. The molecule has 126 valence electrons. The predicted octanol–water partition coefficient (Wildman–Crippen LogP) is 0.358. The normalized spacial score (nSPS) is 11.0. The first-order chi connectivity index (χ1) is 10.9. The monoisotopic (exact) mass is 345 g/mol. The van der Waals surface area contributed by atoms with Crippen molar-refractivity contribution in [3.63, 3.8) is 0 Å². The number of nitrogens with one attached hydrogen (secondary N) is 1. The second-order valence-electron chi connectivity index (χ2n) is 4.01. The molecule has 0 atom stereocenters. The Balaban J connectivity index is 3.17. The summed E-state index contributed by atoms with van der Waals surface area (Å²) >= 11 is 1.04. The number of methoxy groups -OCH3 is 1. The van der Waals surface area contributed by atoms with E-state index in [1.54, 1.807) is 0 Å². The van der Waals surface area contributed by atoms with Crippen molar-refractivity contribution in [2.75, 3.05) is 25.8 Å². The van der Waals surface area contributed by atoms with Gasteiger partial charge in [0.05, 0.1) is 35.3 Å². The van der Waals surface area contributed by atoms with Crippen molar-refractivity contribution < 1.29 is 29.5 Å². The number of aliphatic carboxylic acids is 1. The zero-order chi connectivity index (χ0) is 17.4. The number of thioether (sulfide) groups is 1. The molecule has 0 radical (unpaired) electrons. The second-order valence-corrected chi connectivity index (χ2v) is 4.96. The molecule has 0 aromatic heterocycles. The summed E-state index contributed by atoms with van der Waals surface area (Å²) in [5.74, 6) is 4.18. The number of carbonyl (C=O) groups is 1. The number of hydrogen-bond acceptors (Lipinski definition) is 8. The van der Waals surface area contributed by atoms with Gasteiger partial charge in [0, 0.05) is 6.07 Å². The number of carboxylic acid groups (broad SMARTS) is 1. The van der Waals surface area contributed by atoms with Crippen molar-refractivity contribution in [2.24, 2.45) is 10.8 Å². The molecular weight excluding hydrogens is 328 g/mol. The summed E-state index contributed by atoms with van der Waals surface area (Å²) in [7, 11) is 2.50. The zero-order valence-electron chi connectivity index (χ0n) is 12.5. The van der Waals surface area contributed by atoms with Gasteiger partial charge in [-0.05, 0) is 0 Å². The molecule has 0 aliphatic rings. The minimum Gasteiger partial charge on any atom is -0.504 e. The van der Waals surface area contributed by atoms with Gasteiger partial charge >= 0.3 is 11.7 Å². The van der Waals surface area contributed by atoms with Gasteiger partial charge in [0.2, 0.25) is 0 Å². The van der Waals surface area contributed by atoms with Gasteiger partial charge < -0.3 is 20.4 Å². The molecule has 5 N–H and O–H groups in total. The van der Waals surface area contributed by atoms with Gasteiger partial charge in [0.25, 0.3) is 4.92 Å². The highest BCUT2D eigenvalue weighted by molar-refractivity contribution is 7.99. The number of phenolic OH excluding ortho intramolecular Hbond substituents is 1. The van der Waals surface area contributed by atoms with Crippen molar-refractivity contribution in [3.05, 3.63) is 22.6 Å². The summed E-state index contributed by atoms with van der Waals surface area (Å²) < 4.78 is 5.00. The number of rotatable bonds is 8. The van der Waals surface area contributed by atoms with E-state index >= 15 is 0 Å². The van der Waals surface area contributed by atoms with Crippen LogP contribution in [-0.2, 0) is 9.63 Å². The van der Waals surface area contributed by atoms with E-state index in [0.29, 0.717) is 0 Å². The Bertz CT molecular complexity index is 622. The number of amidine groups is 1. The largest absolute Gasteiger partial charge is 0.504 e. The van der Waals surface area contributed by atoms with E-state index in [4.69, 9.17) is 15.7 Å². The van der Waals surface area contributed by atoms with Crippen molar-refractivity contribution in [2.45, 2.75) is 0 Å². The summed E-state index contributed by atoms with van der Waals surface area (Å²) in [5, 5.41) is 18.7. The number of nitrogens with zero attached hydrogens (tertiary/aromatic N) is 2. The number of benzene rings is 1. The lowest BCUT2D eigenvalue weighted by molar-refractivity contribution is -0.736. The van der Waals surface area contributed by atoms with Gasteiger partial charge in [-0.3, -0.25) is 9.79 Å². The molecule has 0 bridgehead atoms. The van der Waals surface area contributed by atoms with Crippen LogP contribution in [0.25, 0.3) is 0 Å². The lowest BCUT2D eigenvalue weighted by Gasteiger charge is -2.10. The van der Waals surface area contributed by atoms with Gasteiger partial charge in [-0.25, -0.2) is 10.7 Å².